The molecule has 0 bridgehead atoms. The lowest BCUT2D eigenvalue weighted by molar-refractivity contribution is 0.0949. The minimum atomic E-state index is -0.110. The molecule has 4 aromatic rings. The average molecular weight is 434 g/mol. The number of carbonyl (C=O) groups excluding carboxylic acids is 1. The Morgan fingerprint density at radius 3 is 2.61 bits per heavy atom. The molecule has 1 N–H and O–H groups in total. The van der Waals surface area contributed by atoms with Crippen LogP contribution in [0.15, 0.2) is 77.3 Å². The van der Waals surface area contributed by atoms with E-state index in [1.165, 1.54) is 11.1 Å². The standard InChI is InChI=1S/C23H20BrN3O/c1-16-5-4-6-17(13-16)15-27-21-8-3-2-7-20(21)26-22(27)14-25-23(28)18-9-11-19(24)12-10-18/h2-13H,14-15H2,1H3,(H,25,28). The Morgan fingerprint density at radius 2 is 1.82 bits per heavy atom. The van der Waals surface area contributed by atoms with Crippen molar-refractivity contribution >= 4 is 32.9 Å². The summed E-state index contributed by atoms with van der Waals surface area (Å²) in [5.41, 5.74) is 5.07. The summed E-state index contributed by atoms with van der Waals surface area (Å²) in [4.78, 5) is 17.2. The Hall–Kier alpha value is -2.92. The van der Waals surface area contributed by atoms with Crippen LogP contribution >= 0.6 is 15.9 Å². The van der Waals surface area contributed by atoms with E-state index >= 15 is 0 Å². The molecule has 28 heavy (non-hydrogen) atoms. The van der Waals surface area contributed by atoms with Gasteiger partial charge in [-0.1, -0.05) is 57.9 Å². The lowest BCUT2D eigenvalue weighted by atomic mass is 10.1. The first-order chi connectivity index (χ1) is 13.6. The van der Waals surface area contributed by atoms with Crippen LogP contribution in [0.4, 0.5) is 0 Å². The van der Waals surface area contributed by atoms with Gasteiger partial charge in [-0.25, -0.2) is 4.98 Å². The molecule has 1 heterocycles. The predicted octanol–water partition coefficient (Wildman–Crippen LogP) is 5.09. The number of rotatable bonds is 5. The van der Waals surface area contributed by atoms with Gasteiger partial charge < -0.3 is 9.88 Å². The van der Waals surface area contributed by atoms with Gasteiger partial charge in [0.1, 0.15) is 5.82 Å². The summed E-state index contributed by atoms with van der Waals surface area (Å²) in [5, 5.41) is 3.00. The Bertz CT molecular complexity index is 1130. The second-order valence-corrected chi connectivity index (χ2v) is 7.70. The van der Waals surface area contributed by atoms with Gasteiger partial charge in [0, 0.05) is 16.6 Å². The molecular weight excluding hydrogens is 414 g/mol. The summed E-state index contributed by atoms with van der Waals surface area (Å²) in [6.07, 6.45) is 0. The van der Waals surface area contributed by atoms with Crippen LogP contribution in [0.2, 0.25) is 0 Å². The van der Waals surface area contributed by atoms with Gasteiger partial charge in [0.15, 0.2) is 0 Å². The van der Waals surface area contributed by atoms with Gasteiger partial charge in [0.2, 0.25) is 0 Å². The Labute approximate surface area is 172 Å². The van der Waals surface area contributed by atoms with Crippen LogP contribution in [0.1, 0.15) is 27.3 Å². The number of carbonyl (C=O) groups is 1. The molecule has 4 rings (SSSR count). The van der Waals surface area contributed by atoms with Gasteiger partial charge in [-0.3, -0.25) is 4.79 Å². The molecule has 0 fully saturated rings. The van der Waals surface area contributed by atoms with Crippen molar-refractivity contribution in [3.8, 4) is 0 Å². The first kappa shape index (κ1) is 18.4. The van der Waals surface area contributed by atoms with Crippen LogP contribution in [0.3, 0.4) is 0 Å². The van der Waals surface area contributed by atoms with Gasteiger partial charge in [-0.2, -0.15) is 0 Å². The highest BCUT2D eigenvalue weighted by Crippen LogP contribution is 2.19. The minimum Gasteiger partial charge on any atom is -0.345 e. The number of amides is 1. The number of benzene rings is 3. The first-order valence-corrected chi connectivity index (χ1v) is 9.93. The monoisotopic (exact) mass is 433 g/mol. The normalized spacial score (nSPS) is 10.9. The van der Waals surface area contributed by atoms with Crippen molar-refractivity contribution in [1.82, 2.24) is 14.9 Å². The lowest BCUT2D eigenvalue weighted by Gasteiger charge is -2.11. The minimum absolute atomic E-state index is 0.110. The molecule has 0 aliphatic rings. The van der Waals surface area contributed by atoms with Crippen LogP contribution in [-0.4, -0.2) is 15.5 Å². The van der Waals surface area contributed by atoms with E-state index in [2.05, 4.69) is 63.1 Å². The predicted molar refractivity (Wildman–Crippen MR) is 115 cm³/mol. The zero-order valence-electron chi connectivity index (χ0n) is 15.5. The van der Waals surface area contributed by atoms with E-state index < -0.39 is 0 Å². The molecule has 0 aliphatic carbocycles. The number of hydrogen-bond acceptors (Lipinski definition) is 2. The largest absolute Gasteiger partial charge is 0.345 e. The van der Waals surface area contributed by atoms with E-state index in [1.54, 1.807) is 12.1 Å². The number of aryl methyl sites for hydroxylation is 1. The fraction of sp³-hybridized carbons (Fsp3) is 0.130. The molecule has 0 spiro atoms. The highest BCUT2D eigenvalue weighted by molar-refractivity contribution is 9.10. The summed E-state index contributed by atoms with van der Waals surface area (Å²) in [6, 6.07) is 23.9. The molecule has 0 radical (unpaired) electrons. The third kappa shape index (κ3) is 3.99. The quantitative estimate of drug-likeness (QED) is 0.476. The maximum atomic E-state index is 12.5. The van der Waals surface area contributed by atoms with Gasteiger partial charge >= 0.3 is 0 Å². The second kappa shape index (κ2) is 7.98. The summed E-state index contributed by atoms with van der Waals surface area (Å²) >= 11 is 3.39. The summed E-state index contributed by atoms with van der Waals surface area (Å²) < 4.78 is 3.12. The zero-order valence-corrected chi connectivity index (χ0v) is 17.1. The number of nitrogens with one attached hydrogen (secondary N) is 1. The Balaban J connectivity index is 1.61. The van der Waals surface area contributed by atoms with E-state index in [-0.39, 0.29) is 5.91 Å². The highest BCUT2D eigenvalue weighted by Gasteiger charge is 2.13. The summed E-state index contributed by atoms with van der Waals surface area (Å²) in [6.45, 7) is 3.18. The molecule has 140 valence electrons. The lowest BCUT2D eigenvalue weighted by Crippen LogP contribution is -2.24. The van der Waals surface area contributed by atoms with Gasteiger partial charge in [-0.05, 0) is 48.9 Å². The number of fused-ring (bicyclic) bond motifs is 1. The van der Waals surface area contributed by atoms with Crippen molar-refractivity contribution in [1.29, 1.82) is 0 Å². The topological polar surface area (TPSA) is 46.9 Å². The molecule has 1 aromatic heterocycles. The molecule has 0 saturated heterocycles. The number of aromatic nitrogens is 2. The van der Waals surface area contributed by atoms with Crippen LogP contribution in [0.5, 0.6) is 0 Å². The summed E-state index contributed by atoms with van der Waals surface area (Å²) in [7, 11) is 0. The van der Waals surface area contributed by atoms with E-state index in [0.717, 1.165) is 21.3 Å². The maximum absolute atomic E-state index is 12.5. The summed E-state index contributed by atoms with van der Waals surface area (Å²) in [5.74, 6) is 0.731. The molecule has 5 heteroatoms. The number of hydrogen-bond donors (Lipinski definition) is 1. The fourth-order valence-corrected chi connectivity index (χ4v) is 3.56. The molecule has 0 aliphatic heterocycles. The fourth-order valence-electron chi connectivity index (χ4n) is 3.29. The second-order valence-electron chi connectivity index (χ2n) is 6.78. The van der Waals surface area contributed by atoms with Crippen LogP contribution in [0.25, 0.3) is 11.0 Å². The molecule has 0 atom stereocenters. The Kier molecular flexibility index (Phi) is 5.26. The van der Waals surface area contributed by atoms with Crippen molar-refractivity contribution < 1.29 is 4.79 Å². The van der Waals surface area contributed by atoms with Gasteiger partial charge in [0.05, 0.1) is 17.6 Å². The van der Waals surface area contributed by atoms with Gasteiger partial charge in [-0.15, -0.1) is 0 Å². The number of para-hydroxylation sites is 2. The highest BCUT2D eigenvalue weighted by atomic mass is 79.9. The van der Waals surface area contributed by atoms with E-state index in [4.69, 9.17) is 4.98 Å². The van der Waals surface area contributed by atoms with Crippen LogP contribution in [0, 0.1) is 6.92 Å². The third-order valence-corrected chi connectivity index (χ3v) is 5.20. The van der Waals surface area contributed by atoms with Gasteiger partial charge in [0.25, 0.3) is 5.91 Å². The van der Waals surface area contributed by atoms with Crippen molar-refractivity contribution in [3.63, 3.8) is 0 Å². The molecular formula is C23H20BrN3O. The number of nitrogens with zero attached hydrogens (tertiary/aromatic N) is 2. The van der Waals surface area contributed by atoms with Crippen LogP contribution in [-0.2, 0) is 13.1 Å². The van der Waals surface area contributed by atoms with Crippen molar-refractivity contribution in [2.24, 2.45) is 0 Å². The average Bonchev–Trinajstić information content (AvgIpc) is 3.04. The van der Waals surface area contributed by atoms with Crippen molar-refractivity contribution in [2.45, 2.75) is 20.0 Å². The molecule has 3 aromatic carbocycles. The Morgan fingerprint density at radius 1 is 1.04 bits per heavy atom. The SMILES string of the molecule is Cc1cccc(Cn2c(CNC(=O)c3ccc(Br)cc3)nc3ccccc32)c1. The first-order valence-electron chi connectivity index (χ1n) is 9.13. The van der Waals surface area contributed by atoms with Crippen molar-refractivity contribution in [2.75, 3.05) is 0 Å². The molecule has 4 nitrogen and oxygen atoms in total. The van der Waals surface area contributed by atoms with E-state index in [9.17, 15) is 4.79 Å². The maximum Gasteiger partial charge on any atom is 0.251 e. The number of halogens is 1. The smallest absolute Gasteiger partial charge is 0.251 e. The molecule has 0 saturated carbocycles. The number of imidazole rings is 1. The van der Waals surface area contributed by atoms with E-state index in [1.807, 2.05) is 30.3 Å². The zero-order chi connectivity index (χ0) is 19.5. The van der Waals surface area contributed by atoms with E-state index in [0.29, 0.717) is 18.7 Å². The third-order valence-electron chi connectivity index (χ3n) is 4.67. The molecule has 0 unspecified atom stereocenters. The van der Waals surface area contributed by atoms with Crippen molar-refractivity contribution in [3.05, 3.63) is 99.8 Å². The molecule has 1 amide bonds. The van der Waals surface area contributed by atoms with Crippen LogP contribution < -0.4 is 5.32 Å².